The summed E-state index contributed by atoms with van der Waals surface area (Å²) >= 11 is 3.26. The lowest BCUT2D eigenvalue weighted by atomic mass is 10.2. The second-order valence-electron chi connectivity index (χ2n) is 4.18. The number of nitrogens with one attached hydrogen (secondary N) is 1. The number of oxazole rings is 1. The standard InChI is InChI=1S/C13H14BrN3O3/c1-2-10-7-16-12(20-10)8-15-6-9-4-3-5-11(13(9)14)17(18)19/h3-5,7,15H,2,6,8H2,1H3. The van der Waals surface area contributed by atoms with Crippen molar-refractivity contribution in [3.63, 3.8) is 0 Å². The van der Waals surface area contributed by atoms with Gasteiger partial charge < -0.3 is 9.73 Å². The molecule has 106 valence electrons. The lowest BCUT2D eigenvalue weighted by molar-refractivity contribution is -0.385. The van der Waals surface area contributed by atoms with Gasteiger partial charge in [0.05, 0.1) is 22.1 Å². The van der Waals surface area contributed by atoms with Crippen LogP contribution < -0.4 is 5.32 Å². The van der Waals surface area contributed by atoms with Gasteiger partial charge in [-0.1, -0.05) is 19.1 Å². The van der Waals surface area contributed by atoms with E-state index < -0.39 is 4.92 Å². The van der Waals surface area contributed by atoms with Crippen molar-refractivity contribution in [2.75, 3.05) is 0 Å². The Balaban J connectivity index is 1.97. The van der Waals surface area contributed by atoms with E-state index in [0.717, 1.165) is 17.7 Å². The Labute approximate surface area is 124 Å². The highest BCUT2D eigenvalue weighted by Gasteiger charge is 2.14. The van der Waals surface area contributed by atoms with E-state index >= 15 is 0 Å². The molecule has 2 rings (SSSR count). The number of rotatable bonds is 6. The highest BCUT2D eigenvalue weighted by Crippen LogP contribution is 2.28. The number of nitro groups is 1. The van der Waals surface area contributed by atoms with Crippen molar-refractivity contribution in [1.29, 1.82) is 0 Å². The minimum Gasteiger partial charge on any atom is -0.444 e. The van der Waals surface area contributed by atoms with Gasteiger partial charge in [0, 0.05) is 19.0 Å². The van der Waals surface area contributed by atoms with Crippen molar-refractivity contribution >= 4 is 21.6 Å². The topological polar surface area (TPSA) is 81.2 Å². The van der Waals surface area contributed by atoms with Crippen molar-refractivity contribution in [2.24, 2.45) is 0 Å². The minimum atomic E-state index is -0.408. The number of nitrogens with zero attached hydrogens (tertiary/aromatic N) is 2. The Morgan fingerprint density at radius 2 is 2.25 bits per heavy atom. The minimum absolute atomic E-state index is 0.0636. The zero-order chi connectivity index (χ0) is 14.5. The number of hydrogen-bond donors (Lipinski definition) is 1. The maximum atomic E-state index is 10.8. The Hall–Kier alpha value is -1.73. The van der Waals surface area contributed by atoms with Crippen LogP contribution in [0.1, 0.15) is 24.1 Å². The Morgan fingerprint density at radius 3 is 2.90 bits per heavy atom. The summed E-state index contributed by atoms with van der Waals surface area (Å²) in [7, 11) is 0. The van der Waals surface area contributed by atoms with Crippen molar-refractivity contribution in [1.82, 2.24) is 10.3 Å². The molecule has 0 radical (unpaired) electrons. The molecule has 0 saturated carbocycles. The molecule has 0 fully saturated rings. The van der Waals surface area contributed by atoms with Crippen LogP contribution in [-0.4, -0.2) is 9.91 Å². The highest BCUT2D eigenvalue weighted by molar-refractivity contribution is 9.10. The molecule has 1 aromatic heterocycles. The van der Waals surface area contributed by atoms with E-state index in [4.69, 9.17) is 4.42 Å². The average Bonchev–Trinajstić information content (AvgIpc) is 2.88. The molecular formula is C13H14BrN3O3. The van der Waals surface area contributed by atoms with Crippen LogP contribution in [0.3, 0.4) is 0 Å². The number of halogens is 1. The zero-order valence-corrected chi connectivity index (χ0v) is 12.5. The van der Waals surface area contributed by atoms with Gasteiger partial charge >= 0.3 is 0 Å². The van der Waals surface area contributed by atoms with Crippen LogP contribution in [0.25, 0.3) is 0 Å². The van der Waals surface area contributed by atoms with E-state index in [1.807, 2.05) is 13.0 Å². The van der Waals surface area contributed by atoms with Gasteiger partial charge in [-0.2, -0.15) is 0 Å². The van der Waals surface area contributed by atoms with Crippen molar-refractivity contribution in [2.45, 2.75) is 26.4 Å². The molecule has 0 aliphatic carbocycles. The van der Waals surface area contributed by atoms with E-state index in [9.17, 15) is 10.1 Å². The predicted octanol–water partition coefficient (Wildman–Crippen LogP) is 3.20. The molecular weight excluding hydrogens is 326 g/mol. The number of aryl methyl sites for hydroxylation is 1. The fourth-order valence-corrected chi connectivity index (χ4v) is 2.29. The van der Waals surface area contributed by atoms with E-state index in [2.05, 4.69) is 26.2 Å². The van der Waals surface area contributed by atoms with E-state index in [-0.39, 0.29) is 5.69 Å². The molecule has 0 aliphatic heterocycles. The van der Waals surface area contributed by atoms with Crippen LogP contribution in [0.4, 0.5) is 5.69 Å². The summed E-state index contributed by atoms with van der Waals surface area (Å²) < 4.78 is 5.97. The van der Waals surface area contributed by atoms with Crippen LogP contribution in [-0.2, 0) is 19.5 Å². The maximum Gasteiger partial charge on any atom is 0.283 e. The summed E-state index contributed by atoms with van der Waals surface area (Å²) in [4.78, 5) is 14.6. The van der Waals surface area contributed by atoms with E-state index in [0.29, 0.717) is 23.5 Å². The molecule has 0 amide bonds. The number of hydrogen-bond acceptors (Lipinski definition) is 5. The van der Waals surface area contributed by atoms with Crippen LogP contribution in [0.2, 0.25) is 0 Å². The van der Waals surface area contributed by atoms with E-state index in [1.165, 1.54) is 6.07 Å². The molecule has 1 heterocycles. The number of benzene rings is 1. The Morgan fingerprint density at radius 1 is 1.45 bits per heavy atom. The smallest absolute Gasteiger partial charge is 0.283 e. The summed E-state index contributed by atoms with van der Waals surface area (Å²) in [6, 6.07) is 4.96. The summed E-state index contributed by atoms with van der Waals surface area (Å²) in [5, 5.41) is 14.0. The highest BCUT2D eigenvalue weighted by atomic mass is 79.9. The van der Waals surface area contributed by atoms with Gasteiger partial charge in [-0.05, 0) is 21.5 Å². The summed E-state index contributed by atoms with van der Waals surface area (Å²) in [5.74, 6) is 1.46. The Kier molecular flexibility index (Phi) is 4.86. The van der Waals surface area contributed by atoms with Crippen LogP contribution in [0.15, 0.2) is 33.3 Å². The van der Waals surface area contributed by atoms with E-state index in [1.54, 1.807) is 12.3 Å². The first-order valence-corrected chi connectivity index (χ1v) is 6.97. The quantitative estimate of drug-likeness (QED) is 0.645. The molecule has 0 aliphatic rings. The molecule has 2 aromatic rings. The molecule has 1 N–H and O–H groups in total. The van der Waals surface area contributed by atoms with Gasteiger partial charge in [0.15, 0.2) is 0 Å². The first-order valence-electron chi connectivity index (χ1n) is 6.18. The normalized spacial score (nSPS) is 10.7. The second-order valence-corrected chi connectivity index (χ2v) is 4.98. The first-order chi connectivity index (χ1) is 9.61. The van der Waals surface area contributed by atoms with Crippen LogP contribution in [0, 0.1) is 10.1 Å². The molecule has 6 nitrogen and oxygen atoms in total. The summed E-state index contributed by atoms with van der Waals surface area (Å²) in [6.07, 6.45) is 2.52. The number of nitro benzene ring substituents is 1. The van der Waals surface area contributed by atoms with Crippen molar-refractivity contribution in [3.05, 3.63) is 56.2 Å². The molecule has 0 bridgehead atoms. The summed E-state index contributed by atoms with van der Waals surface area (Å²) in [5.41, 5.74) is 0.884. The molecule has 0 atom stereocenters. The molecule has 0 saturated heterocycles. The zero-order valence-electron chi connectivity index (χ0n) is 10.9. The summed E-state index contributed by atoms with van der Waals surface area (Å²) in [6.45, 7) is 2.97. The number of aromatic nitrogens is 1. The second kappa shape index (κ2) is 6.62. The maximum absolute atomic E-state index is 10.8. The molecule has 20 heavy (non-hydrogen) atoms. The fourth-order valence-electron chi connectivity index (χ4n) is 1.74. The lowest BCUT2D eigenvalue weighted by Gasteiger charge is -2.05. The third-order valence-corrected chi connectivity index (χ3v) is 3.71. The fraction of sp³-hybridized carbons (Fsp3) is 0.308. The molecule has 0 spiro atoms. The lowest BCUT2D eigenvalue weighted by Crippen LogP contribution is -2.13. The van der Waals surface area contributed by atoms with Gasteiger partial charge in [0.2, 0.25) is 5.89 Å². The monoisotopic (exact) mass is 339 g/mol. The Bertz CT molecular complexity index is 613. The van der Waals surface area contributed by atoms with Crippen molar-refractivity contribution < 1.29 is 9.34 Å². The van der Waals surface area contributed by atoms with Gasteiger partial charge in [-0.25, -0.2) is 4.98 Å². The van der Waals surface area contributed by atoms with Gasteiger partial charge in [-0.3, -0.25) is 10.1 Å². The molecule has 7 heteroatoms. The molecule has 0 unspecified atom stereocenters. The van der Waals surface area contributed by atoms with Crippen LogP contribution in [0.5, 0.6) is 0 Å². The van der Waals surface area contributed by atoms with Gasteiger partial charge in [-0.15, -0.1) is 0 Å². The molecule has 1 aromatic carbocycles. The third kappa shape index (κ3) is 3.43. The average molecular weight is 340 g/mol. The SMILES string of the molecule is CCc1cnc(CNCc2cccc([N+](=O)[O-])c2Br)o1. The largest absolute Gasteiger partial charge is 0.444 e. The van der Waals surface area contributed by atoms with Crippen LogP contribution >= 0.6 is 15.9 Å². The first kappa shape index (κ1) is 14.7. The predicted molar refractivity (Wildman–Crippen MR) is 77.2 cm³/mol. The van der Waals surface area contributed by atoms with Gasteiger partial charge in [0.1, 0.15) is 5.76 Å². The van der Waals surface area contributed by atoms with Crippen molar-refractivity contribution in [3.8, 4) is 0 Å². The van der Waals surface area contributed by atoms with Gasteiger partial charge in [0.25, 0.3) is 5.69 Å². The third-order valence-electron chi connectivity index (χ3n) is 2.80.